The van der Waals surface area contributed by atoms with E-state index in [1.807, 2.05) is 31.2 Å². The molecule has 1 aromatic rings. The Bertz CT molecular complexity index is 614. The Hall–Kier alpha value is -1.24. The van der Waals surface area contributed by atoms with Crippen molar-refractivity contribution in [1.82, 2.24) is 5.06 Å². The molecule has 2 rings (SSSR count). The number of hydrogen-bond acceptors (Lipinski definition) is 6. The number of carbonyl (C=O) groups is 1. The van der Waals surface area contributed by atoms with Crippen LogP contribution in [0, 0.1) is 6.92 Å². The summed E-state index contributed by atoms with van der Waals surface area (Å²) >= 11 is 0. The minimum atomic E-state index is -3.37. The molecule has 0 bridgehead atoms. The molecule has 0 saturated carbocycles. The largest absolute Gasteiger partial charge is 0.350 e. The molecule has 1 aromatic carbocycles. The van der Waals surface area contributed by atoms with E-state index in [1.165, 1.54) is 5.06 Å². The van der Waals surface area contributed by atoms with E-state index >= 15 is 0 Å². The summed E-state index contributed by atoms with van der Waals surface area (Å²) < 4.78 is 23.6. The van der Waals surface area contributed by atoms with Crippen molar-refractivity contribution >= 4 is 19.2 Å². The minimum Gasteiger partial charge on any atom is -0.324 e. The van der Waals surface area contributed by atoms with Crippen molar-refractivity contribution in [2.24, 2.45) is 0 Å². The number of benzene rings is 1. The lowest BCUT2D eigenvalue weighted by atomic mass is 10.2. The van der Waals surface area contributed by atoms with E-state index in [1.54, 1.807) is 20.9 Å². The first-order valence-corrected chi connectivity index (χ1v) is 9.66. The summed E-state index contributed by atoms with van der Waals surface area (Å²) in [4.78, 5) is 18.0. The number of nitrogens with one attached hydrogen (secondary N) is 1. The summed E-state index contributed by atoms with van der Waals surface area (Å²) in [5.74, 6) is -0.889. The molecule has 24 heavy (non-hydrogen) atoms. The van der Waals surface area contributed by atoms with Crippen LogP contribution in [0.2, 0.25) is 0 Å². The minimum absolute atomic E-state index is 0.241. The highest BCUT2D eigenvalue weighted by molar-refractivity contribution is 7.54. The van der Waals surface area contributed by atoms with Gasteiger partial charge in [0.2, 0.25) is 0 Å². The number of hydrogen-bond donors (Lipinski definition) is 1. The number of aryl methyl sites for hydroxylation is 1. The van der Waals surface area contributed by atoms with Gasteiger partial charge in [-0.15, -0.1) is 0 Å². The van der Waals surface area contributed by atoms with Crippen LogP contribution >= 0.6 is 7.60 Å². The third-order valence-electron chi connectivity index (χ3n) is 3.70. The smallest absolute Gasteiger partial charge is 0.324 e. The number of amides is 1. The highest BCUT2D eigenvalue weighted by atomic mass is 31.2. The Morgan fingerprint density at radius 1 is 1.38 bits per heavy atom. The van der Waals surface area contributed by atoms with E-state index in [2.05, 4.69) is 5.32 Å². The Morgan fingerprint density at radius 3 is 2.62 bits per heavy atom. The quantitative estimate of drug-likeness (QED) is 0.756. The molecule has 1 amide bonds. The zero-order valence-electron chi connectivity index (χ0n) is 14.5. The van der Waals surface area contributed by atoms with Gasteiger partial charge in [-0.05, 0) is 38.5 Å². The van der Waals surface area contributed by atoms with Crippen LogP contribution in [0.1, 0.15) is 25.8 Å². The second kappa shape index (κ2) is 8.23. The summed E-state index contributed by atoms with van der Waals surface area (Å²) in [6.07, 6.45) is -0.499. The number of anilines is 1. The maximum atomic E-state index is 12.9. The van der Waals surface area contributed by atoms with Crippen LogP contribution in [0.5, 0.6) is 0 Å². The first kappa shape index (κ1) is 19.1. The third-order valence-corrected chi connectivity index (χ3v) is 6.20. The van der Waals surface area contributed by atoms with Gasteiger partial charge in [0, 0.05) is 19.2 Å². The maximum Gasteiger partial charge on any atom is 0.350 e. The van der Waals surface area contributed by atoms with Gasteiger partial charge in [0.05, 0.1) is 13.2 Å². The summed E-state index contributed by atoms with van der Waals surface area (Å²) in [6, 6.07) is 7.51. The van der Waals surface area contributed by atoms with Gasteiger partial charge in [-0.1, -0.05) is 12.1 Å². The standard InChI is InChI=1S/C16H25N2O5P/c1-5-21-24(20,22-6-2)15-11-14(23-18(15)4)16(19)17-13-9-7-8-12(3)10-13/h7-10,14-15H,5-6,11H2,1-4H3,(H,17,19)/t14-,15+/m0/s1. The van der Waals surface area contributed by atoms with Gasteiger partial charge < -0.3 is 14.4 Å². The molecule has 134 valence electrons. The first-order valence-electron chi connectivity index (χ1n) is 8.05. The van der Waals surface area contributed by atoms with E-state index in [9.17, 15) is 9.36 Å². The van der Waals surface area contributed by atoms with Gasteiger partial charge in [-0.3, -0.25) is 14.2 Å². The number of nitrogens with zero attached hydrogens (tertiary/aromatic N) is 1. The van der Waals surface area contributed by atoms with Crippen LogP contribution in [0.25, 0.3) is 0 Å². The van der Waals surface area contributed by atoms with E-state index in [0.717, 1.165) is 5.56 Å². The van der Waals surface area contributed by atoms with E-state index in [4.69, 9.17) is 13.9 Å². The van der Waals surface area contributed by atoms with Gasteiger partial charge in [0.1, 0.15) is 5.78 Å². The summed E-state index contributed by atoms with van der Waals surface area (Å²) in [6.45, 7) is 5.99. The summed E-state index contributed by atoms with van der Waals surface area (Å²) in [7, 11) is -1.74. The molecule has 0 unspecified atom stereocenters. The Morgan fingerprint density at radius 2 is 2.04 bits per heavy atom. The van der Waals surface area contributed by atoms with E-state index in [0.29, 0.717) is 5.69 Å². The number of hydroxylamine groups is 2. The van der Waals surface area contributed by atoms with Crippen LogP contribution < -0.4 is 5.32 Å². The van der Waals surface area contributed by atoms with Crippen LogP contribution in [-0.4, -0.2) is 43.1 Å². The second-order valence-corrected chi connectivity index (χ2v) is 7.78. The molecular weight excluding hydrogens is 331 g/mol. The lowest BCUT2D eigenvalue weighted by molar-refractivity contribution is -0.155. The first-order chi connectivity index (χ1) is 11.4. The van der Waals surface area contributed by atoms with Crippen molar-refractivity contribution in [3.05, 3.63) is 29.8 Å². The SMILES string of the molecule is CCOP(=O)(OCC)[C@@H]1C[C@@H](C(=O)Nc2cccc(C)c2)ON1C. The zero-order chi connectivity index (χ0) is 17.7. The Labute approximate surface area is 142 Å². The fourth-order valence-electron chi connectivity index (χ4n) is 2.65. The molecule has 1 aliphatic rings. The monoisotopic (exact) mass is 356 g/mol. The molecule has 1 fully saturated rings. The molecular formula is C16H25N2O5P. The van der Waals surface area contributed by atoms with Crippen LogP contribution in [0.15, 0.2) is 24.3 Å². The van der Waals surface area contributed by atoms with Gasteiger partial charge >= 0.3 is 7.60 Å². The predicted octanol–water partition coefficient (Wildman–Crippen LogP) is 3.16. The molecule has 1 aliphatic heterocycles. The van der Waals surface area contributed by atoms with Gasteiger partial charge in [-0.25, -0.2) is 0 Å². The lowest BCUT2D eigenvalue weighted by Crippen LogP contribution is -2.28. The molecule has 7 nitrogen and oxygen atoms in total. The maximum absolute atomic E-state index is 12.9. The van der Waals surface area contributed by atoms with E-state index < -0.39 is 19.5 Å². The zero-order valence-corrected chi connectivity index (χ0v) is 15.4. The van der Waals surface area contributed by atoms with Crippen LogP contribution in [0.4, 0.5) is 5.69 Å². The lowest BCUT2D eigenvalue weighted by Gasteiger charge is -2.25. The molecule has 1 saturated heterocycles. The van der Waals surface area contributed by atoms with Crippen LogP contribution in [0.3, 0.4) is 0 Å². The predicted molar refractivity (Wildman–Crippen MR) is 91.7 cm³/mol. The van der Waals surface area contributed by atoms with Crippen molar-refractivity contribution in [3.8, 4) is 0 Å². The Balaban J connectivity index is 2.06. The Kier molecular flexibility index (Phi) is 6.54. The fourth-order valence-corrected chi connectivity index (χ4v) is 4.69. The summed E-state index contributed by atoms with van der Waals surface area (Å²) in [5, 5.41) is 4.23. The molecule has 0 aliphatic carbocycles. The van der Waals surface area contributed by atoms with Crippen molar-refractivity contribution < 1.29 is 23.2 Å². The van der Waals surface area contributed by atoms with Crippen molar-refractivity contribution in [3.63, 3.8) is 0 Å². The molecule has 0 aromatic heterocycles. The molecule has 0 radical (unpaired) electrons. The van der Waals surface area contributed by atoms with Crippen molar-refractivity contribution in [2.75, 3.05) is 25.6 Å². The van der Waals surface area contributed by atoms with Crippen LogP contribution in [-0.2, 0) is 23.2 Å². The van der Waals surface area contributed by atoms with Gasteiger partial charge in [-0.2, -0.15) is 5.06 Å². The fraction of sp³-hybridized carbons (Fsp3) is 0.562. The van der Waals surface area contributed by atoms with Gasteiger partial charge in [0.15, 0.2) is 6.10 Å². The number of rotatable bonds is 7. The summed E-state index contributed by atoms with van der Waals surface area (Å²) in [5.41, 5.74) is 1.75. The molecule has 2 atom stereocenters. The number of carbonyl (C=O) groups excluding carboxylic acids is 1. The molecule has 1 heterocycles. The highest BCUT2D eigenvalue weighted by Gasteiger charge is 2.48. The molecule has 0 spiro atoms. The van der Waals surface area contributed by atoms with E-state index in [-0.39, 0.29) is 25.5 Å². The van der Waals surface area contributed by atoms with Crippen molar-refractivity contribution in [1.29, 1.82) is 0 Å². The van der Waals surface area contributed by atoms with Crippen molar-refractivity contribution in [2.45, 2.75) is 39.1 Å². The molecule has 1 N–H and O–H groups in total. The third kappa shape index (κ3) is 4.43. The normalized spacial score (nSPS) is 21.8. The highest BCUT2D eigenvalue weighted by Crippen LogP contribution is 2.57. The molecule has 8 heteroatoms. The average molecular weight is 356 g/mol. The second-order valence-electron chi connectivity index (χ2n) is 5.59. The average Bonchev–Trinajstić information content (AvgIpc) is 2.90. The van der Waals surface area contributed by atoms with Gasteiger partial charge in [0.25, 0.3) is 5.91 Å². The topological polar surface area (TPSA) is 77.1 Å².